The van der Waals surface area contributed by atoms with E-state index < -0.39 is 90.1 Å². The van der Waals surface area contributed by atoms with E-state index in [0.29, 0.717) is 45.1 Å². The van der Waals surface area contributed by atoms with Crippen LogP contribution in [-0.4, -0.2) is 118 Å². The highest BCUT2D eigenvalue weighted by molar-refractivity contribution is 5.97. The number of carbonyl (C=O) groups excluding carboxylic acids is 5. The SMILES string of the molecule is CC[C@H](C)[C@H](NC(=O)[C@@H](N)CCCN=C(N)N)C(=O)N1CCC[C@H]1C(=O)N[C@H](C(=O)N[C@@H](CCC(=O)O)C(=O)N[C@@H](CCCCN)C(=O)O)C(C)C. The average Bonchev–Trinajstić information content (AvgIpc) is 3.58. The van der Waals surface area contributed by atoms with Gasteiger partial charge in [-0.1, -0.05) is 34.1 Å². The Balaban J connectivity index is 3.12. The number of amides is 5. The third-order valence-electron chi connectivity index (χ3n) is 9.01. The number of rotatable bonds is 24. The minimum Gasteiger partial charge on any atom is -0.481 e. The van der Waals surface area contributed by atoms with Gasteiger partial charge in [0.05, 0.1) is 6.04 Å². The van der Waals surface area contributed by atoms with Crippen LogP contribution in [0.25, 0.3) is 0 Å². The first-order valence-electron chi connectivity index (χ1n) is 17.9. The fourth-order valence-corrected chi connectivity index (χ4v) is 5.68. The molecule has 296 valence electrons. The molecule has 5 amide bonds. The number of aliphatic imine (C=N–C) groups is 1. The van der Waals surface area contributed by atoms with Crippen LogP contribution in [0.1, 0.15) is 91.9 Å². The summed E-state index contributed by atoms with van der Waals surface area (Å²) in [5.41, 5.74) is 22.2. The molecule has 7 atom stereocenters. The van der Waals surface area contributed by atoms with E-state index in [1.165, 1.54) is 4.90 Å². The Hall–Kier alpha value is -4.52. The summed E-state index contributed by atoms with van der Waals surface area (Å²) < 4.78 is 0. The zero-order valence-electron chi connectivity index (χ0n) is 30.8. The summed E-state index contributed by atoms with van der Waals surface area (Å²) in [6, 6.07) is -6.77. The lowest BCUT2D eigenvalue weighted by molar-refractivity contribution is -0.144. The largest absolute Gasteiger partial charge is 0.481 e. The van der Waals surface area contributed by atoms with E-state index in [0.717, 1.165) is 0 Å². The van der Waals surface area contributed by atoms with Gasteiger partial charge in [-0.2, -0.15) is 0 Å². The van der Waals surface area contributed by atoms with Crippen LogP contribution in [-0.2, 0) is 33.6 Å². The Morgan fingerprint density at radius 2 is 1.48 bits per heavy atom. The molecular weight excluding hydrogens is 680 g/mol. The Morgan fingerprint density at radius 3 is 2.04 bits per heavy atom. The molecule has 0 radical (unpaired) electrons. The normalized spacial score (nSPS) is 17.5. The molecule has 0 aromatic heterocycles. The van der Waals surface area contributed by atoms with Gasteiger partial charge in [0.1, 0.15) is 30.2 Å². The highest BCUT2D eigenvalue weighted by atomic mass is 16.4. The van der Waals surface area contributed by atoms with Crippen LogP contribution in [0.5, 0.6) is 0 Å². The van der Waals surface area contributed by atoms with E-state index in [-0.39, 0.29) is 44.2 Å². The minimum atomic E-state index is -1.42. The van der Waals surface area contributed by atoms with Crippen molar-refractivity contribution in [2.45, 2.75) is 128 Å². The van der Waals surface area contributed by atoms with Gasteiger partial charge in [-0.3, -0.25) is 33.8 Å². The second-order valence-corrected chi connectivity index (χ2v) is 13.5. The Kier molecular flexibility index (Phi) is 20.2. The summed E-state index contributed by atoms with van der Waals surface area (Å²) in [5.74, 6) is -6.73. The zero-order chi connectivity index (χ0) is 39.5. The predicted molar refractivity (Wildman–Crippen MR) is 192 cm³/mol. The maximum atomic E-state index is 13.9. The van der Waals surface area contributed by atoms with Gasteiger partial charge >= 0.3 is 11.9 Å². The molecule has 0 aromatic carbocycles. The molecule has 1 aliphatic rings. The molecule has 1 heterocycles. The fraction of sp³-hybridized carbons (Fsp3) is 0.758. The first-order chi connectivity index (χ1) is 24.4. The zero-order valence-corrected chi connectivity index (χ0v) is 30.8. The average molecular weight is 741 g/mol. The molecule has 1 saturated heterocycles. The van der Waals surface area contributed by atoms with Gasteiger partial charge in [-0.05, 0) is 69.7 Å². The van der Waals surface area contributed by atoms with E-state index >= 15 is 0 Å². The number of unbranched alkanes of at least 4 members (excludes halogenated alkanes) is 1. The van der Waals surface area contributed by atoms with Gasteiger partial charge in [-0.25, -0.2) is 4.79 Å². The molecule has 1 fully saturated rings. The summed E-state index contributed by atoms with van der Waals surface area (Å²) in [6.45, 7) is 7.82. The Bertz CT molecular complexity index is 1260. The van der Waals surface area contributed by atoms with Crippen LogP contribution in [0.4, 0.5) is 0 Å². The van der Waals surface area contributed by atoms with Crippen molar-refractivity contribution in [2.75, 3.05) is 19.6 Å². The molecule has 0 aromatic rings. The lowest BCUT2D eigenvalue weighted by Crippen LogP contribution is -2.60. The number of nitrogens with one attached hydrogen (secondary N) is 4. The second-order valence-electron chi connectivity index (χ2n) is 13.5. The van der Waals surface area contributed by atoms with Crippen molar-refractivity contribution in [1.29, 1.82) is 0 Å². The summed E-state index contributed by atoms with van der Waals surface area (Å²) in [7, 11) is 0. The first-order valence-corrected chi connectivity index (χ1v) is 17.9. The van der Waals surface area contributed by atoms with Crippen LogP contribution >= 0.6 is 0 Å². The molecule has 0 aliphatic carbocycles. The molecule has 1 rings (SSSR count). The van der Waals surface area contributed by atoms with Gasteiger partial charge in [0.25, 0.3) is 0 Å². The summed E-state index contributed by atoms with van der Waals surface area (Å²) >= 11 is 0. The molecule has 0 bridgehead atoms. The molecule has 52 heavy (non-hydrogen) atoms. The maximum absolute atomic E-state index is 13.9. The van der Waals surface area contributed by atoms with Crippen molar-refractivity contribution in [3.8, 4) is 0 Å². The Labute approximate surface area is 304 Å². The van der Waals surface area contributed by atoms with Crippen LogP contribution in [0.2, 0.25) is 0 Å². The van der Waals surface area contributed by atoms with Gasteiger partial charge < -0.3 is 59.3 Å². The van der Waals surface area contributed by atoms with Crippen LogP contribution < -0.4 is 44.2 Å². The van der Waals surface area contributed by atoms with E-state index in [1.807, 2.05) is 6.92 Å². The number of hydrogen-bond donors (Lipinski definition) is 10. The summed E-state index contributed by atoms with van der Waals surface area (Å²) in [5, 5.41) is 29.1. The lowest BCUT2D eigenvalue weighted by atomic mass is 9.96. The molecule has 14 N–H and O–H groups in total. The van der Waals surface area contributed by atoms with Crippen LogP contribution in [0.3, 0.4) is 0 Å². The number of carbonyl (C=O) groups is 7. The lowest BCUT2D eigenvalue weighted by Gasteiger charge is -2.33. The summed E-state index contributed by atoms with van der Waals surface area (Å²) in [4.78, 5) is 95.6. The van der Waals surface area contributed by atoms with Gasteiger partial charge in [0, 0.05) is 19.5 Å². The van der Waals surface area contributed by atoms with Crippen molar-refractivity contribution in [2.24, 2.45) is 39.8 Å². The number of nitrogens with zero attached hydrogens (tertiary/aromatic N) is 2. The molecular formula is C33H60N10O9. The first kappa shape index (κ1) is 45.5. The molecule has 1 aliphatic heterocycles. The van der Waals surface area contributed by atoms with Gasteiger partial charge in [0.2, 0.25) is 29.5 Å². The number of aliphatic carboxylic acids is 2. The number of nitrogens with two attached hydrogens (primary N) is 4. The third kappa shape index (κ3) is 15.4. The van der Waals surface area contributed by atoms with Gasteiger partial charge in [-0.15, -0.1) is 0 Å². The molecule has 19 nitrogen and oxygen atoms in total. The standard InChI is InChI=1S/C33H60N10O9/c1-5-19(4)26(42-27(46)20(35)10-8-16-38-33(36)37)31(50)43-17-9-12-23(43)29(48)41-25(18(2)3)30(49)39-21(13-14-24(44)45)28(47)40-22(32(51)52)11-6-7-15-34/h18-23,25-26H,5-17,34-35H2,1-4H3,(H,39,49)(H,40,47)(H,41,48)(H,42,46)(H,44,45)(H,51,52)(H4,36,37,38)/t19-,20-,21-,22-,23-,25-,26-/m0/s1. The second kappa shape index (κ2) is 23.1. The molecule has 0 unspecified atom stereocenters. The van der Waals surface area contributed by atoms with E-state index in [2.05, 4.69) is 26.3 Å². The number of guanidine groups is 1. The molecule has 0 spiro atoms. The van der Waals surface area contributed by atoms with Crippen molar-refractivity contribution in [3.63, 3.8) is 0 Å². The highest BCUT2D eigenvalue weighted by Gasteiger charge is 2.41. The quantitative estimate of drug-likeness (QED) is 0.0293. The number of carboxylic acid groups (broad SMARTS) is 2. The molecule has 0 saturated carbocycles. The highest BCUT2D eigenvalue weighted by Crippen LogP contribution is 2.22. The number of hydrogen-bond acceptors (Lipinski definition) is 10. The number of carboxylic acids is 2. The Morgan fingerprint density at radius 1 is 0.827 bits per heavy atom. The predicted octanol–water partition coefficient (Wildman–Crippen LogP) is -1.92. The fourth-order valence-electron chi connectivity index (χ4n) is 5.68. The monoisotopic (exact) mass is 740 g/mol. The third-order valence-corrected chi connectivity index (χ3v) is 9.01. The van der Waals surface area contributed by atoms with E-state index in [1.54, 1.807) is 20.8 Å². The van der Waals surface area contributed by atoms with Crippen molar-refractivity contribution in [3.05, 3.63) is 0 Å². The van der Waals surface area contributed by atoms with E-state index in [4.69, 9.17) is 22.9 Å². The maximum Gasteiger partial charge on any atom is 0.326 e. The smallest absolute Gasteiger partial charge is 0.326 e. The van der Waals surface area contributed by atoms with Crippen molar-refractivity contribution in [1.82, 2.24) is 26.2 Å². The molecule has 19 heteroatoms. The van der Waals surface area contributed by atoms with Crippen molar-refractivity contribution < 1.29 is 43.8 Å². The topological polar surface area (TPSA) is 328 Å². The number of likely N-dealkylation sites (tertiary alicyclic amines) is 1. The minimum absolute atomic E-state index is 0.0756. The van der Waals surface area contributed by atoms with Crippen LogP contribution in [0, 0.1) is 11.8 Å². The summed E-state index contributed by atoms with van der Waals surface area (Å²) in [6.07, 6.45) is 2.21. The van der Waals surface area contributed by atoms with Crippen LogP contribution in [0.15, 0.2) is 4.99 Å². The van der Waals surface area contributed by atoms with Crippen molar-refractivity contribution >= 4 is 47.4 Å². The van der Waals surface area contributed by atoms with Gasteiger partial charge in [0.15, 0.2) is 5.96 Å². The van der Waals surface area contributed by atoms with E-state index in [9.17, 15) is 43.8 Å².